The molecule has 2 aromatic carbocycles. The number of rotatable bonds is 5. The van der Waals surface area contributed by atoms with Gasteiger partial charge in [0.25, 0.3) is 5.91 Å². The zero-order chi connectivity index (χ0) is 21.1. The molecule has 3 rings (SSSR count). The van der Waals surface area contributed by atoms with Gasteiger partial charge in [-0.05, 0) is 24.1 Å². The maximum Gasteiger partial charge on any atom is 0.262 e. The van der Waals surface area contributed by atoms with Crippen LogP contribution in [0.15, 0.2) is 41.6 Å². The van der Waals surface area contributed by atoms with Gasteiger partial charge in [0.2, 0.25) is 5.95 Å². The molecule has 0 bridgehead atoms. The van der Waals surface area contributed by atoms with Gasteiger partial charge in [-0.2, -0.15) is 9.49 Å². The van der Waals surface area contributed by atoms with Crippen molar-refractivity contribution in [2.75, 3.05) is 12.4 Å². The number of anilines is 1. The molecule has 0 unspecified atom stereocenters. The Morgan fingerprint density at radius 2 is 1.90 bits per heavy atom. The van der Waals surface area contributed by atoms with Gasteiger partial charge in [0.05, 0.1) is 17.6 Å². The van der Waals surface area contributed by atoms with Gasteiger partial charge in [-0.1, -0.05) is 29.4 Å². The van der Waals surface area contributed by atoms with Crippen LogP contribution in [-0.2, 0) is 11.9 Å². The van der Waals surface area contributed by atoms with Crippen LogP contribution in [-0.4, -0.2) is 29.0 Å². The summed E-state index contributed by atoms with van der Waals surface area (Å²) in [5, 5.41) is 9.81. The number of aromatic nitrogens is 2. The third kappa shape index (κ3) is 4.13. The van der Waals surface area contributed by atoms with E-state index in [2.05, 4.69) is 20.4 Å². The van der Waals surface area contributed by atoms with E-state index in [4.69, 9.17) is 0 Å². The number of halogens is 3. The Bertz CT molecular complexity index is 1090. The summed E-state index contributed by atoms with van der Waals surface area (Å²) in [4.78, 5) is 17.2. The molecule has 1 amide bonds. The Balaban J connectivity index is 2.01. The van der Waals surface area contributed by atoms with Gasteiger partial charge in [-0.25, -0.2) is 13.5 Å². The summed E-state index contributed by atoms with van der Waals surface area (Å²) >= 11 is 0. The van der Waals surface area contributed by atoms with Gasteiger partial charge >= 0.3 is 0 Å². The number of benzene rings is 2. The number of oxime groups is 1. The monoisotopic (exact) mass is 402 g/mol. The molecule has 0 fully saturated rings. The summed E-state index contributed by atoms with van der Waals surface area (Å²) in [6.45, 7) is 1.46. The van der Waals surface area contributed by atoms with Crippen LogP contribution in [0.1, 0.15) is 21.6 Å². The van der Waals surface area contributed by atoms with Gasteiger partial charge in [-0.15, -0.1) is 0 Å². The molecule has 3 aromatic rings. The van der Waals surface area contributed by atoms with Crippen molar-refractivity contribution >= 4 is 17.8 Å². The predicted molar refractivity (Wildman–Crippen MR) is 102 cm³/mol. The van der Waals surface area contributed by atoms with Crippen LogP contribution in [0, 0.1) is 24.5 Å². The van der Waals surface area contributed by atoms with E-state index >= 15 is 0 Å². The smallest absolute Gasteiger partial charge is 0.262 e. The van der Waals surface area contributed by atoms with Crippen molar-refractivity contribution in [2.45, 2.75) is 6.92 Å². The lowest BCUT2D eigenvalue weighted by molar-refractivity contribution is 0.102. The Morgan fingerprint density at radius 3 is 2.48 bits per heavy atom. The molecule has 1 heterocycles. The van der Waals surface area contributed by atoms with E-state index in [9.17, 15) is 18.0 Å². The second-order valence-corrected chi connectivity index (χ2v) is 6.18. The Kier molecular flexibility index (Phi) is 5.67. The molecule has 0 spiro atoms. The maximum absolute atomic E-state index is 14.5. The van der Waals surface area contributed by atoms with E-state index in [1.807, 2.05) is 0 Å². The lowest BCUT2D eigenvalue weighted by Crippen LogP contribution is -2.16. The van der Waals surface area contributed by atoms with Gasteiger partial charge in [-0.3, -0.25) is 4.79 Å². The normalized spacial score (nSPS) is 11.1. The molecule has 150 valence electrons. The SMILES string of the molecule is CO/N=C/c1ccc(-c2cc(F)cc(F)c2NC(=O)c2c(C)nn(C)c2F)cc1. The fraction of sp³-hybridized carbons (Fsp3) is 0.150. The second kappa shape index (κ2) is 8.17. The molecule has 0 aliphatic rings. The number of carbonyl (C=O) groups is 1. The average Bonchev–Trinajstić information content (AvgIpc) is 2.94. The van der Waals surface area contributed by atoms with Crippen LogP contribution in [0.4, 0.5) is 18.9 Å². The summed E-state index contributed by atoms with van der Waals surface area (Å²) in [6, 6.07) is 8.27. The Morgan fingerprint density at radius 1 is 1.21 bits per heavy atom. The highest BCUT2D eigenvalue weighted by Crippen LogP contribution is 2.32. The van der Waals surface area contributed by atoms with E-state index in [0.29, 0.717) is 17.2 Å². The van der Waals surface area contributed by atoms with E-state index in [1.54, 1.807) is 24.3 Å². The maximum atomic E-state index is 14.5. The molecular formula is C20H17F3N4O2. The number of carbonyl (C=O) groups excluding carboxylic acids is 1. The van der Waals surface area contributed by atoms with Crippen LogP contribution in [0.2, 0.25) is 0 Å². The van der Waals surface area contributed by atoms with Crippen LogP contribution in [0.25, 0.3) is 11.1 Å². The van der Waals surface area contributed by atoms with Crippen molar-refractivity contribution in [1.29, 1.82) is 0 Å². The number of hydrogen-bond acceptors (Lipinski definition) is 4. The van der Waals surface area contributed by atoms with Crippen molar-refractivity contribution in [2.24, 2.45) is 12.2 Å². The fourth-order valence-electron chi connectivity index (χ4n) is 2.85. The van der Waals surface area contributed by atoms with E-state index in [-0.39, 0.29) is 22.5 Å². The van der Waals surface area contributed by atoms with Crippen LogP contribution >= 0.6 is 0 Å². The third-order valence-corrected chi connectivity index (χ3v) is 4.20. The van der Waals surface area contributed by atoms with Gasteiger partial charge < -0.3 is 10.2 Å². The lowest BCUT2D eigenvalue weighted by Gasteiger charge is -2.13. The highest BCUT2D eigenvalue weighted by atomic mass is 19.1. The zero-order valence-corrected chi connectivity index (χ0v) is 15.8. The fourth-order valence-corrected chi connectivity index (χ4v) is 2.85. The molecule has 0 radical (unpaired) electrons. The van der Waals surface area contributed by atoms with E-state index in [0.717, 1.165) is 10.7 Å². The second-order valence-electron chi connectivity index (χ2n) is 6.18. The molecule has 0 atom stereocenters. The first-order valence-electron chi connectivity index (χ1n) is 8.48. The molecule has 6 nitrogen and oxygen atoms in total. The Hall–Kier alpha value is -3.62. The van der Waals surface area contributed by atoms with Crippen molar-refractivity contribution in [3.05, 3.63) is 70.8 Å². The minimum atomic E-state index is -0.986. The lowest BCUT2D eigenvalue weighted by atomic mass is 10.0. The quantitative estimate of drug-likeness (QED) is 0.517. The van der Waals surface area contributed by atoms with Gasteiger partial charge in [0.15, 0.2) is 0 Å². The first-order chi connectivity index (χ1) is 13.8. The largest absolute Gasteiger partial charge is 0.399 e. The first-order valence-corrected chi connectivity index (χ1v) is 8.48. The number of amides is 1. The summed E-state index contributed by atoms with van der Waals surface area (Å²) in [5.74, 6) is -3.54. The highest BCUT2D eigenvalue weighted by molar-refractivity contribution is 6.07. The van der Waals surface area contributed by atoms with Gasteiger partial charge in [0, 0.05) is 18.7 Å². The molecule has 0 aliphatic heterocycles. The standard InChI is InChI=1S/C20H17F3N4O2/c1-11-17(19(23)27(2)26-11)20(28)25-18-15(8-14(21)9-16(18)22)13-6-4-12(5-7-13)10-24-29-3/h4-10H,1-3H3,(H,25,28)/b24-10+. The summed E-state index contributed by atoms with van der Waals surface area (Å²) < 4.78 is 43.5. The van der Waals surface area contributed by atoms with Crippen LogP contribution in [0.3, 0.4) is 0 Å². The van der Waals surface area contributed by atoms with Gasteiger partial charge in [0.1, 0.15) is 24.3 Å². The molecule has 1 aromatic heterocycles. The highest BCUT2D eigenvalue weighted by Gasteiger charge is 2.23. The third-order valence-electron chi connectivity index (χ3n) is 4.20. The molecule has 29 heavy (non-hydrogen) atoms. The summed E-state index contributed by atoms with van der Waals surface area (Å²) in [6.07, 6.45) is 1.46. The minimum absolute atomic E-state index is 0.105. The number of hydrogen-bond donors (Lipinski definition) is 1. The summed E-state index contributed by atoms with van der Waals surface area (Å²) in [7, 11) is 2.75. The number of aryl methyl sites for hydroxylation is 2. The molecule has 0 saturated carbocycles. The van der Waals surface area contributed by atoms with Crippen LogP contribution in [0.5, 0.6) is 0 Å². The zero-order valence-electron chi connectivity index (χ0n) is 15.8. The predicted octanol–water partition coefficient (Wildman–Crippen LogP) is 4.05. The van der Waals surface area contributed by atoms with E-state index < -0.39 is 23.5 Å². The molecule has 0 saturated heterocycles. The van der Waals surface area contributed by atoms with Crippen molar-refractivity contribution in [3.8, 4) is 11.1 Å². The average molecular weight is 402 g/mol. The van der Waals surface area contributed by atoms with Crippen molar-refractivity contribution < 1.29 is 22.8 Å². The number of nitrogens with one attached hydrogen (secondary N) is 1. The van der Waals surface area contributed by atoms with Crippen molar-refractivity contribution in [3.63, 3.8) is 0 Å². The molecule has 9 heteroatoms. The van der Waals surface area contributed by atoms with E-state index in [1.165, 1.54) is 27.3 Å². The topological polar surface area (TPSA) is 68.5 Å². The van der Waals surface area contributed by atoms with Crippen LogP contribution < -0.4 is 5.32 Å². The van der Waals surface area contributed by atoms with Crippen molar-refractivity contribution in [1.82, 2.24) is 9.78 Å². The summed E-state index contributed by atoms with van der Waals surface area (Å²) in [5.41, 5.74) is 0.815. The molecular weight excluding hydrogens is 385 g/mol. The Labute approximate surface area is 164 Å². The first kappa shape index (κ1) is 20.1. The molecule has 1 N–H and O–H groups in total. The number of nitrogens with zero attached hydrogens (tertiary/aromatic N) is 3. The molecule has 0 aliphatic carbocycles. The minimum Gasteiger partial charge on any atom is -0.399 e.